The number of fused-ring (bicyclic) bond motifs is 9. The zero-order valence-corrected chi connectivity index (χ0v) is 28.6. The minimum atomic E-state index is 0.600. The SMILES string of the molecule is c1ccc(-c2nc3cccc(N(c4ccc5c(ccc6ccccc65)c4)c4cc5c(c6ccccc46)c4ccccc4n5-c4ccccc4)c3o2)cc1. The summed E-state index contributed by atoms with van der Waals surface area (Å²) in [6.45, 7) is 0. The van der Waals surface area contributed by atoms with Crippen molar-refractivity contribution in [3.63, 3.8) is 0 Å². The van der Waals surface area contributed by atoms with E-state index < -0.39 is 0 Å². The first kappa shape index (κ1) is 29.5. The third-order valence-electron chi connectivity index (χ3n) is 10.6. The van der Waals surface area contributed by atoms with Crippen LogP contribution in [-0.2, 0) is 0 Å². The maximum Gasteiger partial charge on any atom is 0.227 e. The highest BCUT2D eigenvalue weighted by Crippen LogP contribution is 2.47. The minimum Gasteiger partial charge on any atom is -0.434 e. The summed E-state index contributed by atoms with van der Waals surface area (Å²) < 4.78 is 9.13. The standard InChI is InChI=1S/C49H31N3O/c1-3-15-33(16-4-1)49-50-42-23-13-25-44(48(42)53-49)52(36-28-29-38-34(30-36)27-26-32-14-7-8-19-37(32)38)45-31-46-47(40-21-10-9-20-39(40)45)41-22-11-12-24-43(41)51(46)35-17-5-2-6-18-35/h1-31H. The van der Waals surface area contributed by atoms with Gasteiger partial charge in [0.15, 0.2) is 5.58 Å². The number of oxazole rings is 1. The molecule has 2 heterocycles. The lowest BCUT2D eigenvalue weighted by Gasteiger charge is -2.27. The van der Waals surface area contributed by atoms with Crippen molar-refractivity contribution in [3.8, 4) is 17.1 Å². The zero-order chi connectivity index (χ0) is 34.9. The highest BCUT2D eigenvalue weighted by atomic mass is 16.3. The van der Waals surface area contributed by atoms with Gasteiger partial charge in [-0.15, -0.1) is 0 Å². The van der Waals surface area contributed by atoms with E-state index in [1.165, 1.54) is 43.2 Å². The highest BCUT2D eigenvalue weighted by Gasteiger charge is 2.25. The lowest BCUT2D eigenvalue weighted by Crippen LogP contribution is -2.11. The van der Waals surface area contributed by atoms with Gasteiger partial charge in [-0.2, -0.15) is 0 Å². The molecule has 248 valence electrons. The summed E-state index contributed by atoms with van der Waals surface area (Å²) >= 11 is 0. The predicted octanol–water partition coefficient (Wildman–Crippen LogP) is 13.5. The molecule has 53 heavy (non-hydrogen) atoms. The molecule has 0 aliphatic rings. The Balaban J connectivity index is 1.26. The van der Waals surface area contributed by atoms with Gasteiger partial charge in [-0.1, -0.05) is 127 Å². The molecule has 4 nitrogen and oxygen atoms in total. The monoisotopic (exact) mass is 677 g/mol. The number of benzene rings is 9. The van der Waals surface area contributed by atoms with E-state index in [0.717, 1.165) is 50.3 Å². The van der Waals surface area contributed by atoms with Gasteiger partial charge in [0.2, 0.25) is 5.89 Å². The zero-order valence-electron chi connectivity index (χ0n) is 28.6. The molecule has 0 amide bonds. The minimum absolute atomic E-state index is 0.600. The van der Waals surface area contributed by atoms with E-state index in [1.54, 1.807) is 0 Å². The molecule has 0 radical (unpaired) electrons. The second-order valence-electron chi connectivity index (χ2n) is 13.6. The van der Waals surface area contributed by atoms with Crippen molar-refractivity contribution in [1.29, 1.82) is 0 Å². The topological polar surface area (TPSA) is 34.2 Å². The van der Waals surface area contributed by atoms with Crippen molar-refractivity contribution >= 4 is 82.3 Å². The van der Waals surface area contributed by atoms with Gasteiger partial charge in [0.05, 0.1) is 22.4 Å². The fraction of sp³-hybridized carbons (Fsp3) is 0. The van der Waals surface area contributed by atoms with E-state index in [9.17, 15) is 0 Å². The van der Waals surface area contributed by atoms with Crippen LogP contribution in [0.2, 0.25) is 0 Å². The summed E-state index contributed by atoms with van der Waals surface area (Å²) in [7, 11) is 0. The molecule has 0 N–H and O–H groups in total. The van der Waals surface area contributed by atoms with Crippen molar-refractivity contribution in [2.24, 2.45) is 0 Å². The quantitative estimate of drug-likeness (QED) is 0.170. The first-order valence-electron chi connectivity index (χ1n) is 18.0. The molecule has 11 aromatic rings. The second kappa shape index (κ2) is 11.7. The van der Waals surface area contributed by atoms with Crippen LogP contribution in [0.5, 0.6) is 0 Å². The Morgan fingerprint density at radius 3 is 1.98 bits per heavy atom. The van der Waals surface area contributed by atoms with Crippen molar-refractivity contribution in [1.82, 2.24) is 9.55 Å². The van der Waals surface area contributed by atoms with E-state index in [-0.39, 0.29) is 0 Å². The molecule has 0 saturated carbocycles. The van der Waals surface area contributed by atoms with Gasteiger partial charge < -0.3 is 13.9 Å². The first-order chi connectivity index (χ1) is 26.3. The molecular formula is C49H31N3O. The Morgan fingerprint density at radius 2 is 1.13 bits per heavy atom. The molecular weight excluding hydrogens is 647 g/mol. The molecule has 0 unspecified atom stereocenters. The molecule has 0 fully saturated rings. The van der Waals surface area contributed by atoms with Crippen molar-refractivity contribution < 1.29 is 4.42 Å². The number of aromatic nitrogens is 2. The smallest absolute Gasteiger partial charge is 0.227 e. The molecule has 11 rings (SSSR count). The van der Waals surface area contributed by atoms with Crippen LogP contribution in [0, 0.1) is 0 Å². The highest BCUT2D eigenvalue weighted by molar-refractivity contribution is 6.25. The van der Waals surface area contributed by atoms with E-state index in [2.05, 4.69) is 161 Å². The van der Waals surface area contributed by atoms with Crippen molar-refractivity contribution in [3.05, 3.63) is 188 Å². The summed E-state index contributed by atoms with van der Waals surface area (Å²) in [5.74, 6) is 0.600. The summed E-state index contributed by atoms with van der Waals surface area (Å²) in [5, 5.41) is 9.67. The average molecular weight is 678 g/mol. The lowest BCUT2D eigenvalue weighted by molar-refractivity contribution is 0.620. The van der Waals surface area contributed by atoms with Crippen LogP contribution in [0.25, 0.3) is 82.4 Å². The normalized spacial score (nSPS) is 11.8. The number of anilines is 3. The Kier molecular flexibility index (Phi) is 6.52. The summed E-state index contributed by atoms with van der Waals surface area (Å²) in [5.41, 5.74) is 8.92. The molecule has 9 aromatic carbocycles. The Morgan fingerprint density at radius 1 is 0.453 bits per heavy atom. The predicted molar refractivity (Wildman–Crippen MR) is 221 cm³/mol. The number of hydrogen-bond donors (Lipinski definition) is 0. The van der Waals surface area contributed by atoms with Gasteiger partial charge >= 0.3 is 0 Å². The summed E-state index contributed by atoms with van der Waals surface area (Å²) in [6.07, 6.45) is 0. The number of hydrogen-bond acceptors (Lipinski definition) is 3. The summed E-state index contributed by atoms with van der Waals surface area (Å²) in [4.78, 5) is 7.36. The van der Waals surface area contributed by atoms with Gasteiger partial charge in [-0.25, -0.2) is 4.98 Å². The molecule has 2 aromatic heterocycles. The Labute approximate surface area is 305 Å². The van der Waals surface area contributed by atoms with Gasteiger partial charge in [0, 0.05) is 33.1 Å². The van der Waals surface area contributed by atoms with Crippen LogP contribution in [0.4, 0.5) is 17.1 Å². The van der Waals surface area contributed by atoms with Gasteiger partial charge in [0.25, 0.3) is 0 Å². The molecule has 0 bridgehead atoms. The van der Waals surface area contributed by atoms with E-state index in [1.807, 2.05) is 36.4 Å². The summed E-state index contributed by atoms with van der Waals surface area (Å²) in [6, 6.07) is 66.8. The molecule has 0 atom stereocenters. The van der Waals surface area contributed by atoms with Gasteiger partial charge in [-0.05, 0) is 87.6 Å². The van der Waals surface area contributed by atoms with Crippen molar-refractivity contribution in [2.45, 2.75) is 0 Å². The van der Waals surface area contributed by atoms with Gasteiger partial charge in [0.1, 0.15) is 5.52 Å². The third kappa shape index (κ3) is 4.59. The van der Waals surface area contributed by atoms with Crippen LogP contribution in [0.15, 0.2) is 192 Å². The number of nitrogens with zero attached hydrogens (tertiary/aromatic N) is 3. The van der Waals surface area contributed by atoms with Crippen molar-refractivity contribution in [2.75, 3.05) is 4.90 Å². The molecule has 0 saturated heterocycles. The van der Waals surface area contributed by atoms with Gasteiger partial charge in [-0.3, -0.25) is 0 Å². The van der Waals surface area contributed by atoms with Crippen LogP contribution in [0.3, 0.4) is 0 Å². The molecule has 0 aliphatic carbocycles. The Bertz CT molecular complexity index is 3180. The van der Waals surface area contributed by atoms with E-state index >= 15 is 0 Å². The second-order valence-corrected chi connectivity index (χ2v) is 13.6. The Hall–Kier alpha value is -7.17. The maximum absolute atomic E-state index is 6.74. The lowest BCUT2D eigenvalue weighted by atomic mass is 9.99. The van der Waals surface area contributed by atoms with Crippen LogP contribution in [0.1, 0.15) is 0 Å². The third-order valence-corrected chi connectivity index (χ3v) is 10.6. The maximum atomic E-state index is 6.74. The van der Waals surface area contributed by atoms with Crippen LogP contribution < -0.4 is 4.90 Å². The molecule has 4 heteroatoms. The fourth-order valence-electron chi connectivity index (χ4n) is 8.21. The van der Waals surface area contributed by atoms with E-state index in [4.69, 9.17) is 9.40 Å². The molecule has 0 aliphatic heterocycles. The largest absolute Gasteiger partial charge is 0.434 e. The molecule has 0 spiro atoms. The number of para-hydroxylation sites is 3. The first-order valence-corrected chi connectivity index (χ1v) is 18.0. The van der Waals surface area contributed by atoms with E-state index in [0.29, 0.717) is 5.89 Å². The van der Waals surface area contributed by atoms with Crippen LogP contribution >= 0.6 is 0 Å². The average Bonchev–Trinajstić information content (AvgIpc) is 3.82. The number of rotatable bonds is 5. The fourth-order valence-corrected chi connectivity index (χ4v) is 8.21. The van der Waals surface area contributed by atoms with Crippen LogP contribution in [-0.4, -0.2) is 9.55 Å².